The molecule has 0 saturated carbocycles. The molecule has 1 unspecified atom stereocenters. The first kappa shape index (κ1) is 13.7. The van der Waals surface area contributed by atoms with E-state index in [2.05, 4.69) is 42.7 Å². The van der Waals surface area contributed by atoms with E-state index >= 15 is 0 Å². The SMILES string of the molecule is C=CCNCC(C)N1CCC(N(C)C)CC1. The number of likely N-dealkylation sites (tertiary alicyclic amines) is 1. The zero-order valence-electron chi connectivity index (χ0n) is 11.1. The van der Waals surface area contributed by atoms with Gasteiger partial charge in [-0.3, -0.25) is 4.90 Å². The molecular formula is C13H27N3. The summed E-state index contributed by atoms with van der Waals surface area (Å²) >= 11 is 0. The normalized spacial score (nSPS) is 21.2. The van der Waals surface area contributed by atoms with Crippen molar-refractivity contribution in [1.82, 2.24) is 15.1 Å². The molecule has 16 heavy (non-hydrogen) atoms. The van der Waals surface area contributed by atoms with Crippen LogP contribution in [0.3, 0.4) is 0 Å². The van der Waals surface area contributed by atoms with E-state index in [1.165, 1.54) is 25.9 Å². The lowest BCUT2D eigenvalue weighted by atomic mass is 10.0. The van der Waals surface area contributed by atoms with Gasteiger partial charge < -0.3 is 10.2 Å². The Morgan fingerprint density at radius 2 is 2.06 bits per heavy atom. The lowest BCUT2D eigenvalue weighted by molar-refractivity contribution is 0.114. The fourth-order valence-corrected chi connectivity index (χ4v) is 2.37. The molecule has 3 nitrogen and oxygen atoms in total. The molecule has 1 rings (SSSR count). The van der Waals surface area contributed by atoms with Crippen LogP contribution in [0, 0.1) is 0 Å². The molecule has 1 saturated heterocycles. The molecule has 0 spiro atoms. The van der Waals surface area contributed by atoms with Gasteiger partial charge in [-0.25, -0.2) is 0 Å². The molecule has 1 atom stereocenters. The van der Waals surface area contributed by atoms with Crippen LogP contribution in [0.2, 0.25) is 0 Å². The summed E-state index contributed by atoms with van der Waals surface area (Å²) in [6, 6.07) is 1.42. The zero-order valence-corrected chi connectivity index (χ0v) is 11.1. The number of hydrogen-bond donors (Lipinski definition) is 1. The zero-order chi connectivity index (χ0) is 12.0. The minimum absolute atomic E-state index is 0.642. The summed E-state index contributed by atoms with van der Waals surface area (Å²) in [5, 5.41) is 3.40. The fraction of sp³-hybridized carbons (Fsp3) is 0.846. The maximum atomic E-state index is 3.72. The van der Waals surface area contributed by atoms with Crippen molar-refractivity contribution < 1.29 is 0 Å². The summed E-state index contributed by atoms with van der Waals surface area (Å²) < 4.78 is 0. The van der Waals surface area contributed by atoms with Gasteiger partial charge in [0.15, 0.2) is 0 Å². The molecule has 1 aliphatic heterocycles. The molecule has 0 aromatic carbocycles. The number of nitrogens with zero attached hydrogens (tertiary/aromatic N) is 2. The van der Waals surface area contributed by atoms with Crippen LogP contribution in [-0.4, -0.2) is 62.2 Å². The summed E-state index contributed by atoms with van der Waals surface area (Å²) in [5.74, 6) is 0. The topological polar surface area (TPSA) is 18.5 Å². The summed E-state index contributed by atoms with van der Waals surface area (Å²) in [5.41, 5.74) is 0. The van der Waals surface area contributed by atoms with Crippen molar-refractivity contribution in [3.63, 3.8) is 0 Å². The second-order valence-corrected chi connectivity index (χ2v) is 5.03. The molecule has 1 aliphatic rings. The van der Waals surface area contributed by atoms with Gasteiger partial charge in [0, 0.05) is 25.2 Å². The van der Waals surface area contributed by atoms with E-state index in [9.17, 15) is 0 Å². The van der Waals surface area contributed by atoms with E-state index in [0.29, 0.717) is 6.04 Å². The Hall–Kier alpha value is -0.380. The van der Waals surface area contributed by atoms with Crippen molar-refractivity contribution in [2.75, 3.05) is 40.3 Å². The first-order chi connectivity index (χ1) is 7.65. The Labute approximate surface area is 100 Å². The monoisotopic (exact) mass is 225 g/mol. The Morgan fingerprint density at radius 1 is 1.44 bits per heavy atom. The van der Waals surface area contributed by atoms with Crippen molar-refractivity contribution >= 4 is 0 Å². The first-order valence-corrected chi connectivity index (χ1v) is 6.37. The highest BCUT2D eigenvalue weighted by Crippen LogP contribution is 2.15. The van der Waals surface area contributed by atoms with E-state index in [1.54, 1.807) is 0 Å². The van der Waals surface area contributed by atoms with Gasteiger partial charge in [-0.2, -0.15) is 0 Å². The predicted octanol–water partition coefficient (Wildman–Crippen LogP) is 1.18. The molecule has 0 aromatic heterocycles. The smallest absolute Gasteiger partial charge is 0.0192 e. The van der Waals surface area contributed by atoms with Crippen LogP contribution >= 0.6 is 0 Å². The van der Waals surface area contributed by atoms with Crippen LogP contribution in [0.4, 0.5) is 0 Å². The Morgan fingerprint density at radius 3 is 2.56 bits per heavy atom. The quantitative estimate of drug-likeness (QED) is 0.541. The Bertz CT molecular complexity index is 195. The van der Waals surface area contributed by atoms with Gasteiger partial charge in [0.1, 0.15) is 0 Å². The number of hydrogen-bond acceptors (Lipinski definition) is 3. The third-order valence-corrected chi connectivity index (χ3v) is 3.58. The van der Waals surface area contributed by atoms with E-state index in [0.717, 1.165) is 19.1 Å². The molecule has 94 valence electrons. The van der Waals surface area contributed by atoms with Crippen LogP contribution in [0.15, 0.2) is 12.7 Å². The number of nitrogens with one attached hydrogen (secondary N) is 1. The molecule has 1 N–H and O–H groups in total. The van der Waals surface area contributed by atoms with E-state index < -0.39 is 0 Å². The molecular weight excluding hydrogens is 198 g/mol. The third kappa shape index (κ3) is 4.24. The highest BCUT2D eigenvalue weighted by molar-refractivity contribution is 4.81. The van der Waals surface area contributed by atoms with E-state index in [-0.39, 0.29) is 0 Å². The minimum atomic E-state index is 0.642. The summed E-state index contributed by atoms with van der Waals surface area (Å²) in [6.07, 6.45) is 4.53. The van der Waals surface area contributed by atoms with Gasteiger partial charge in [0.2, 0.25) is 0 Å². The van der Waals surface area contributed by atoms with Crippen molar-refractivity contribution in [1.29, 1.82) is 0 Å². The Kier molecular flexibility index (Phi) is 6.03. The van der Waals surface area contributed by atoms with Crippen LogP contribution in [-0.2, 0) is 0 Å². The molecule has 0 bridgehead atoms. The lowest BCUT2D eigenvalue weighted by Crippen LogP contribution is -2.48. The second-order valence-electron chi connectivity index (χ2n) is 5.03. The van der Waals surface area contributed by atoms with Crippen molar-refractivity contribution in [2.24, 2.45) is 0 Å². The molecule has 1 fully saturated rings. The van der Waals surface area contributed by atoms with E-state index in [4.69, 9.17) is 0 Å². The first-order valence-electron chi connectivity index (χ1n) is 6.37. The lowest BCUT2D eigenvalue weighted by Gasteiger charge is -2.38. The molecule has 0 amide bonds. The Balaban J connectivity index is 2.22. The highest BCUT2D eigenvalue weighted by Gasteiger charge is 2.23. The summed E-state index contributed by atoms with van der Waals surface area (Å²) in [7, 11) is 4.38. The molecule has 1 heterocycles. The van der Waals surface area contributed by atoms with Crippen molar-refractivity contribution in [3.8, 4) is 0 Å². The van der Waals surface area contributed by atoms with Crippen molar-refractivity contribution in [3.05, 3.63) is 12.7 Å². The predicted molar refractivity (Wildman–Crippen MR) is 70.8 cm³/mol. The summed E-state index contributed by atoms with van der Waals surface area (Å²) in [4.78, 5) is 4.95. The van der Waals surface area contributed by atoms with E-state index in [1.807, 2.05) is 6.08 Å². The van der Waals surface area contributed by atoms with Crippen molar-refractivity contribution in [2.45, 2.75) is 31.8 Å². The largest absolute Gasteiger partial charge is 0.312 e. The number of piperidine rings is 1. The van der Waals surface area contributed by atoms with Crippen LogP contribution in [0.5, 0.6) is 0 Å². The van der Waals surface area contributed by atoms with Gasteiger partial charge in [0.25, 0.3) is 0 Å². The van der Waals surface area contributed by atoms with Gasteiger partial charge >= 0.3 is 0 Å². The average Bonchev–Trinajstić information content (AvgIpc) is 2.29. The van der Waals surface area contributed by atoms with Gasteiger partial charge in [-0.15, -0.1) is 6.58 Å². The fourth-order valence-electron chi connectivity index (χ4n) is 2.37. The molecule has 0 radical (unpaired) electrons. The standard InChI is InChI=1S/C13H27N3/c1-5-8-14-11-12(2)16-9-6-13(7-10-16)15(3)4/h5,12-14H,1,6-11H2,2-4H3. The maximum Gasteiger partial charge on any atom is 0.0192 e. The van der Waals surface area contributed by atoms with Gasteiger partial charge in [-0.05, 0) is 47.0 Å². The van der Waals surface area contributed by atoms with Crippen LogP contribution in [0.25, 0.3) is 0 Å². The molecule has 0 aromatic rings. The van der Waals surface area contributed by atoms with Gasteiger partial charge in [-0.1, -0.05) is 6.08 Å². The third-order valence-electron chi connectivity index (χ3n) is 3.58. The molecule has 3 heteroatoms. The summed E-state index contributed by atoms with van der Waals surface area (Å²) in [6.45, 7) is 10.5. The average molecular weight is 225 g/mol. The van der Waals surface area contributed by atoms with Crippen LogP contribution < -0.4 is 5.32 Å². The second kappa shape index (κ2) is 7.05. The van der Waals surface area contributed by atoms with Crippen LogP contribution in [0.1, 0.15) is 19.8 Å². The number of rotatable bonds is 6. The van der Waals surface area contributed by atoms with Gasteiger partial charge in [0.05, 0.1) is 0 Å². The highest BCUT2D eigenvalue weighted by atomic mass is 15.2. The maximum absolute atomic E-state index is 3.72. The molecule has 0 aliphatic carbocycles. The minimum Gasteiger partial charge on any atom is -0.312 e.